The van der Waals surface area contributed by atoms with Gasteiger partial charge in [-0.3, -0.25) is 0 Å². The number of nitrogens with one attached hydrogen (secondary N) is 1. The van der Waals surface area contributed by atoms with Crippen molar-refractivity contribution in [3.8, 4) is 0 Å². The van der Waals surface area contributed by atoms with Crippen LogP contribution in [0.3, 0.4) is 0 Å². The van der Waals surface area contributed by atoms with E-state index >= 15 is 0 Å². The first kappa shape index (κ1) is 9.93. The first-order valence-corrected chi connectivity index (χ1v) is 4.47. The molecule has 2 atom stereocenters. The van der Waals surface area contributed by atoms with Crippen molar-refractivity contribution in [2.75, 3.05) is 7.05 Å². The van der Waals surface area contributed by atoms with Crippen molar-refractivity contribution >= 4 is 6.29 Å². The van der Waals surface area contributed by atoms with Gasteiger partial charge in [0.15, 0.2) is 0 Å². The first-order chi connectivity index (χ1) is 6.29. The molecule has 0 aliphatic heterocycles. The molecule has 0 radical (unpaired) electrons. The lowest BCUT2D eigenvalue weighted by molar-refractivity contribution is -0.109. The summed E-state index contributed by atoms with van der Waals surface area (Å²) < 4.78 is 0. The van der Waals surface area contributed by atoms with E-state index in [1.807, 2.05) is 37.3 Å². The normalized spacial score (nSPS) is 14.9. The zero-order valence-corrected chi connectivity index (χ0v) is 8.03. The Balaban J connectivity index is 2.77. The van der Waals surface area contributed by atoms with Crippen molar-refractivity contribution in [1.82, 2.24) is 5.32 Å². The fourth-order valence-corrected chi connectivity index (χ4v) is 1.40. The van der Waals surface area contributed by atoms with E-state index in [0.717, 1.165) is 6.29 Å². The van der Waals surface area contributed by atoms with E-state index in [1.165, 1.54) is 5.56 Å². The Bertz CT molecular complexity index is 258. The molecule has 0 saturated heterocycles. The van der Waals surface area contributed by atoms with Gasteiger partial charge in [-0.25, -0.2) is 0 Å². The summed E-state index contributed by atoms with van der Waals surface area (Å²) in [7, 11) is 1.80. The monoisotopic (exact) mass is 177 g/mol. The molecule has 70 valence electrons. The van der Waals surface area contributed by atoms with Gasteiger partial charge in [0.1, 0.15) is 6.29 Å². The van der Waals surface area contributed by atoms with E-state index in [-0.39, 0.29) is 12.0 Å². The molecule has 0 aromatic heterocycles. The molecule has 1 aromatic carbocycles. The Kier molecular flexibility index (Phi) is 3.65. The third kappa shape index (κ3) is 2.39. The second kappa shape index (κ2) is 4.77. The predicted molar refractivity (Wildman–Crippen MR) is 53.8 cm³/mol. The molecule has 13 heavy (non-hydrogen) atoms. The third-order valence-electron chi connectivity index (χ3n) is 2.34. The fraction of sp³-hybridized carbons (Fsp3) is 0.364. The number of rotatable bonds is 4. The van der Waals surface area contributed by atoms with Crippen LogP contribution < -0.4 is 5.32 Å². The van der Waals surface area contributed by atoms with Crippen LogP contribution in [0.2, 0.25) is 0 Å². The number of aldehydes is 1. The summed E-state index contributed by atoms with van der Waals surface area (Å²) in [6, 6.07) is 9.94. The zero-order chi connectivity index (χ0) is 9.68. The van der Waals surface area contributed by atoms with Crippen LogP contribution in [0.5, 0.6) is 0 Å². The van der Waals surface area contributed by atoms with Crippen LogP contribution in [0.25, 0.3) is 0 Å². The highest BCUT2D eigenvalue weighted by molar-refractivity contribution is 5.59. The van der Waals surface area contributed by atoms with Crippen molar-refractivity contribution in [3.63, 3.8) is 0 Å². The van der Waals surface area contributed by atoms with Crippen LogP contribution in [0.4, 0.5) is 0 Å². The van der Waals surface area contributed by atoms with Gasteiger partial charge >= 0.3 is 0 Å². The van der Waals surface area contributed by atoms with Crippen LogP contribution in [0.1, 0.15) is 18.4 Å². The van der Waals surface area contributed by atoms with Crippen LogP contribution in [-0.4, -0.2) is 19.4 Å². The van der Waals surface area contributed by atoms with Crippen molar-refractivity contribution < 1.29 is 4.79 Å². The Morgan fingerprint density at radius 1 is 1.31 bits per heavy atom. The van der Waals surface area contributed by atoms with Gasteiger partial charge in [-0.15, -0.1) is 0 Å². The van der Waals surface area contributed by atoms with E-state index in [9.17, 15) is 4.79 Å². The molecule has 0 aliphatic rings. The third-order valence-corrected chi connectivity index (χ3v) is 2.34. The quantitative estimate of drug-likeness (QED) is 0.707. The van der Waals surface area contributed by atoms with Crippen molar-refractivity contribution in [3.05, 3.63) is 35.9 Å². The molecule has 2 heteroatoms. The van der Waals surface area contributed by atoms with Crippen LogP contribution >= 0.6 is 0 Å². The molecule has 0 spiro atoms. The van der Waals surface area contributed by atoms with Gasteiger partial charge in [-0.1, -0.05) is 37.3 Å². The first-order valence-electron chi connectivity index (χ1n) is 4.47. The highest BCUT2D eigenvalue weighted by atomic mass is 16.1. The minimum Gasteiger partial charge on any atom is -0.310 e. The molecule has 0 unspecified atom stereocenters. The van der Waals surface area contributed by atoms with Gasteiger partial charge in [0, 0.05) is 5.92 Å². The molecule has 2 nitrogen and oxygen atoms in total. The van der Waals surface area contributed by atoms with E-state index < -0.39 is 0 Å². The van der Waals surface area contributed by atoms with Crippen molar-refractivity contribution in [2.45, 2.75) is 18.9 Å². The molecular formula is C11H15NO. The number of hydrogen-bond donors (Lipinski definition) is 1. The average molecular weight is 177 g/mol. The average Bonchev–Trinajstić information content (AvgIpc) is 2.21. The standard InChI is InChI=1S/C11H15NO/c1-9(11(8-13)12-2)10-6-4-3-5-7-10/h3-9,11-12H,1-2H3/t9-,11+/m0/s1. The van der Waals surface area contributed by atoms with E-state index in [0.29, 0.717) is 0 Å². The van der Waals surface area contributed by atoms with Gasteiger partial charge in [0.2, 0.25) is 0 Å². The molecule has 1 aromatic rings. The lowest BCUT2D eigenvalue weighted by Crippen LogP contribution is -2.32. The Labute approximate surface area is 79.0 Å². The van der Waals surface area contributed by atoms with Crippen molar-refractivity contribution in [1.29, 1.82) is 0 Å². The van der Waals surface area contributed by atoms with Crippen LogP contribution in [0.15, 0.2) is 30.3 Å². The number of carbonyl (C=O) groups is 1. The molecule has 0 heterocycles. The molecule has 1 N–H and O–H groups in total. The largest absolute Gasteiger partial charge is 0.310 e. The van der Waals surface area contributed by atoms with Gasteiger partial charge in [-0.2, -0.15) is 0 Å². The lowest BCUT2D eigenvalue weighted by Gasteiger charge is -2.17. The highest BCUT2D eigenvalue weighted by Gasteiger charge is 2.15. The zero-order valence-electron chi connectivity index (χ0n) is 8.03. The molecule has 0 saturated carbocycles. The fourth-order valence-electron chi connectivity index (χ4n) is 1.40. The second-order valence-corrected chi connectivity index (χ2v) is 3.15. The minimum atomic E-state index is -0.0950. The molecule has 1 rings (SSSR count). The summed E-state index contributed by atoms with van der Waals surface area (Å²) in [5.74, 6) is 0.226. The Hall–Kier alpha value is -1.15. The van der Waals surface area contributed by atoms with E-state index in [2.05, 4.69) is 5.32 Å². The highest BCUT2D eigenvalue weighted by Crippen LogP contribution is 2.17. The number of likely N-dealkylation sites (N-methyl/N-ethyl adjacent to an activating group) is 1. The van der Waals surface area contributed by atoms with Crippen LogP contribution in [-0.2, 0) is 4.79 Å². The van der Waals surface area contributed by atoms with Gasteiger partial charge in [0.25, 0.3) is 0 Å². The minimum absolute atomic E-state index is 0.0950. The summed E-state index contributed by atoms with van der Waals surface area (Å²) in [4.78, 5) is 10.7. The maximum atomic E-state index is 10.7. The maximum Gasteiger partial charge on any atom is 0.137 e. The predicted octanol–water partition coefficient (Wildman–Crippen LogP) is 1.58. The SMILES string of the molecule is CN[C@H](C=O)[C@@H](C)c1ccccc1. The molecule has 0 aliphatic carbocycles. The molecular weight excluding hydrogens is 162 g/mol. The van der Waals surface area contributed by atoms with Gasteiger partial charge in [-0.05, 0) is 12.6 Å². The molecule has 0 amide bonds. The molecule has 0 bridgehead atoms. The van der Waals surface area contributed by atoms with Gasteiger partial charge < -0.3 is 10.1 Å². The topological polar surface area (TPSA) is 29.1 Å². The van der Waals surface area contributed by atoms with E-state index in [1.54, 1.807) is 7.05 Å². The number of carbonyl (C=O) groups excluding carboxylic acids is 1. The second-order valence-electron chi connectivity index (χ2n) is 3.15. The van der Waals surface area contributed by atoms with Gasteiger partial charge in [0.05, 0.1) is 6.04 Å². The Morgan fingerprint density at radius 3 is 2.38 bits per heavy atom. The summed E-state index contributed by atoms with van der Waals surface area (Å²) in [5, 5.41) is 2.98. The summed E-state index contributed by atoms with van der Waals surface area (Å²) in [6.45, 7) is 2.05. The summed E-state index contributed by atoms with van der Waals surface area (Å²) in [6.07, 6.45) is 0.956. The lowest BCUT2D eigenvalue weighted by atomic mass is 9.94. The maximum absolute atomic E-state index is 10.7. The van der Waals surface area contributed by atoms with E-state index in [4.69, 9.17) is 0 Å². The number of benzene rings is 1. The number of hydrogen-bond acceptors (Lipinski definition) is 2. The van der Waals surface area contributed by atoms with Crippen molar-refractivity contribution in [2.24, 2.45) is 0 Å². The molecule has 0 fully saturated rings. The summed E-state index contributed by atoms with van der Waals surface area (Å²) >= 11 is 0. The smallest absolute Gasteiger partial charge is 0.137 e. The summed E-state index contributed by atoms with van der Waals surface area (Å²) in [5.41, 5.74) is 1.19. The van der Waals surface area contributed by atoms with Crippen LogP contribution in [0, 0.1) is 0 Å². The Morgan fingerprint density at radius 2 is 1.92 bits per heavy atom.